The Morgan fingerprint density at radius 2 is 1.74 bits per heavy atom. The van der Waals surface area contributed by atoms with Crippen molar-refractivity contribution in [2.75, 3.05) is 11.5 Å². The first-order chi connectivity index (χ1) is 15.9. The Morgan fingerprint density at radius 1 is 1.09 bits per heavy atom. The summed E-state index contributed by atoms with van der Waals surface area (Å²) >= 11 is 0. The highest BCUT2D eigenvalue weighted by Crippen LogP contribution is 2.46. The third-order valence-corrected chi connectivity index (χ3v) is 6.60. The van der Waals surface area contributed by atoms with Gasteiger partial charge in [-0.15, -0.1) is 9.24 Å². The number of carbonyl (C=O) groups is 1. The smallest absolute Gasteiger partial charge is 0.430 e. The molecule has 3 rings (SSSR count). The number of amides is 1. The Labute approximate surface area is 194 Å². The minimum absolute atomic E-state index is 0.158. The molecule has 1 N–H and O–H groups in total. The van der Waals surface area contributed by atoms with E-state index >= 15 is 0 Å². The van der Waals surface area contributed by atoms with Crippen molar-refractivity contribution in [3.63, 3.8) is 0 Å². The zero-order chi connectivity index (χ0) is 25.3. The van der Waals surface area contributed by atoms with Crippen molar-refractivity contribution >= 4 is 21.2 Å². The number of nitrogens with one attached hydrogen (secondary N) is 1. The second-order valence-electron chi connectivity index (χ2n) is 8.18. The number of aromatic nitrogens is 2. The molecule has 1 aliphatic rings. The monoisotopic (exact) mass is 507 g/mol. The predicted octanol–water partition coefficient (Wildman–Crippen LogP) is 7.04. The fourth-order valence-corrected chi connectivity index (χ4v) is 4.95. The van der Waals surface area contributed by atoms with Crippen molar-refractivity contribution in [3.8, 4) is 11.3 Å². The molecule has 0 aromatic carbocycles. The van der Waals surface area contributed by atoms with Crippen LogP contribution in [0.5, 0.6) is 0 Å². The van der Waals surface area contributed by atoms with E-state index < -0.39 is 46.9 Å². The van der Waals surface area contributed by atoms with Crippen molar-refractivity contribution < 1.29 is 35.9 Å². The number of alkyl halides is 6. The molecule has 0 aliphatic carbocycles. The average Bonchev–Trinajstić information content (AvgIpc) is 2.76. The van der Waals surface area contributed by atoms with Gasteiger partial charge in [-0.1, -0.05) is 26.7 Å². The highest BCUT2D eigenvalue weighted by atomic mass is 31.0. The van der Waals surface area contributed by atoms with E-state index in [4.69, 9.17) is 0 Å². The van der Waals surface area contributed by atoms with Gasteiger partial charge in [-0.25, -0.2) is 9.78 Å². The van der Waals surface area contributed by atoms with Crippen molar-refractivity contribution in [1.82, 2.24) is 9.97 Å². The molecule has 0 fully saturated rings. The van der Waals surface area contributed by atoms with Gasteiger partial charge < -0.3 is 4.74 Å². The number of anilines is 1. The Kier molecular flexibility index (Phi) is 7.45. The number of hydrogen-bond acceptors (Lipinski definition) is 4. The SMILES string of the molecule is CCCC(CP)(CCC)c1cc(C(F)(F)F)cc(-c2ccnc3c2C(C(F)(F)F)OC(=O)N3)n1. The molecule has 5 nitrogen and oxygen atoms in total. The van der Waals surface area contributed by atoms with Crippen LogP contribution in [-0.2, 0) is 16.3 Å². The Balaban J connectivity index is 2.33. The number of halogens is 6. The number of carbonyl (C=O) groups excluding carboxylic acids is 1. The molecule has 2 aromatic heterocycles. The number of cyclic esters (lactones) is 1. The molecule has 186 valence electrons. The first-order valence-corrected chi connectivity index (χ1v) is 11.5. The molecule has 0 bridgehead atoms. The summed E-state index contributed by atoms with van der Waals surface area (Å²) in [5.74, 6) is -0.434. The quantitative estimate of drug-likeness (QED) is 0.323. The van der Waals surface area contributed by atoms with Crippen LogP contribution in [0.2, 0.25) is 0 Å². The van der Waals surface area contributed by atoms with Crippen molar-refractivity contribution in [2.45, 2.75) is 63.4 Å². The van der Waals surface area contributed by atoms with Crippen molar-refractivity contribution in [1.29, 1.82) is 0 Å². The minimum atomic E-state index is -5.01. The standard InChI is InChI=1S/C22H24F6N3O2P/c1-3-6-20(11-34,7-4-2)15-10-12(21(23,24)25)9-14(30-15)13-5-8-29-18-16(13)17(22(26,27)28)33-19(32)31-18/h5,8-10,17H,3-4,6-7,11,34H2,1-2H3,(H,29,31,32). The molecule has 34 heavy (non-hydrogen) atoms. The highest BCUT2D eigenvalue weighted by Gasteiger charge is 2.49. The summed E-state index contributed by atoms with van der Waals surface area (Å²) < 4.78 is 87.3. The normalized spacial score (nSPS) is 16.6. The van der Waals surface area contributed by atoms with Crippen LogP contribution in [0, 0.1) is 0 Å². The maximum Gasteiger partial charge on any atom is 0.430 e. The molecule has 2 aromatic rings. The second kappa shape index (κ2) is 9.68. The number of hydrogen-bond donors (Lipinski definition) is 1. The van der Waals surface area contributed by atoms with Crippen LogP contribution < -0.4 is 5.32 Å². The lowest BCUT2D eigenvalue weighted by atomic mass is 9.77. The molecule has 12 heteroatoms. The molecule has 0 saturated heterocycles. The summed E-state index contributed by atoms with van der Waals surface area (Å²) in [6.45, 7) is 3.82. The van der Waals surface area contributed by atoms with Crippen molar-refractivity contribution in [2.24, 2.45) is 0 Å². The van der Waals surface area contributed by atoms with Gasteiger partial charge in [-0.2, -0.15) is 26.3 Å². The third-order valence-electron chi connectivity index (χ3n) is 5.81. The van der Waals surface area contributed by atoms with Gasteiger partial charge in [0.1, 0.15) is 5.82 Å². The molecule has 2 unspecified atom stereocenters. The lowest BCUT2D eigenvalue weighted by Gasteiger charge is -2.33. The van der Waals surface area contributed by atoms with Crippen LogP contribution in [0.4, 0.5) is 37.0 Å². The van der Waals surface area contributed by atoms with E-state index in [0.717, 1.165) is 18.3 Å². The van der Waals surface area contributed by atoms with E-state index in [0.29, 0.717) is 37.9 Å². The molecule has 3 heterocycles. The van der Waals surface area contributed by atoms with E-state index in [1.165, 1.54) is 0 Å². The zero-order valence-corrected chi connectivity index (χ0v) is 19.6. The predicted molar refractivity (Wildman–Crippen MR) is 117 cm³/mol. The molecule has 1 aliphatic heterocycles. The van der Waals surface area contributed by atoms with Gasteiger partial charge >= 0.3 is 18.4 Å². The maximum absolute atomic E-state index is 13.9. The Bertz CT molecular complexity index is 1050. The largest absolute Gasteiger partial charge is 0.431 e. The van der Waals surface area contributed by atoms with Crippen LogP contribution in [0.15, 0.2) is 24.4 Å². The van der Waals surface area contributed by atoms with Crippen LogP contribution in [-0.4, -0.2) is 28.4 Å². The van der Waals surface area contributed by atoms with E-state index in [2.05, 4.69) is 29.3 Å². The zero-order valence-electron chi connectivity index (χ0n) is 18.5. The maximum atomic E-state index is 13.9. The van der Waals surface area contributed by atoms with Gasteiger partial charge in [0.15, 0.2) is 0 Å². The van der Waals surface area contributed by atoms with Gasteiger partial charge in [-0.05, 0) is 37.2 Å². The summed E-state index contributed by atoms with van der Waals surface area (Å²) in [6.07, 6.45) is -9.81. The van der Waals surface area contributed by atoms with E-state index in [1.807, 2.05) is 13.8 Å². The Hall–Kier alpha value is -2.42. The average molecular weight is 507 g/mol. The third kappa shape index (κ3) is 5.14. The molecule has 2 atom stereocenters. The fourth-order valence-electron chi connectivity index (χ4n) is 4.34. The number of pyridine rings is 2. The molecular weight excluding hydrogens is 483 g/mol. The molecule has 1 amide bonds. The summed E-state index contributed by atoms with van der Waals surface area (Å²) in [6, 6.07) is 2.84. The summed E-state index contributed by atoms with van der Waals surface area (Å²) in [5.41, 5.74) is -2.69. The number of fused-ring (bicyclic) bond motifs is 1. The lowest BCUT2D eigenvalue weighted by molar-refractivity contribution is -0.206. The topological polar surface area (TPSA) is 64.1 Å². The van der Waals surface area contributed by atoms with Crippen LogP contribution in [0.25, 0.3) is 11.3 Å². The molecular formula is C22H24F6N3O2P. The number of rotatable bonds is 7. The minimum Gasteiger partial charge on any atom is -0.431 e. The van der Waals surface area contributed by atoms with Gasteiger partial charge in [0.2, 0.25) is 6.10 Å². The summed E-state index contributed by atoms with van der Waals surface area (Å²) in [7, 11) is 2.56. The number of nitrogens with zero attached hydrogens (tertiary/aromatic N) is 2. The van der Waals surface area contributed by atoms with Crippen molar-refractivity contribution in [3.05, 3.63) is 41.2 Å². The van der Waals surface area contributed by atoms with Gasteiger partial charge in [0.05, 0.1) is 16.8 Å². The van der Waals surface area contributed by atoms with E-state index in [9.17, 15) is 31.1 Å². The van der Waals surface area contributed by atoms with Crippen LogP contribution >= 0.6 is 9.24 Å². The first-order valence-electron chi connectivity index (χ1n) is 10.7. The lowest BCUT2D eigenvalue weighted by Crippen LogP contribution is -2.34. The van der Waals surface area contributed by atoms with Gasteiger partial charge in [-0.3, -0.25) is 10.3 Å². The summed E-state index contributed by atoms with van der Waals surface area (Å²) in [5, 5.41) is 2.09. The van der Waals surface area contributed by atoms with Gasteiger partial charge in [0.25, 0.3) is 0 Å². The molecule has 0 spiro atoms. The molecule has 0 radical (unpaired) electrons. The summed E-state index contributed by atoms with van der Waals surface area (Å²) in [4.78, 5) is 19.9. The van der Waals surface area contributed by atoms with Crippen LogP contribution in [0.1, 0.15) is 62.5 Å². The fraction of sp³-hybridized carbons (Fsp3) is 0.500. The van der Waals surface area contributed by atoms with Gasteiger partial charge in [0, 0.05) is 22.9 Å². The Morgan fingerprint density at radius 3 is 2.26 bits per heavy atom. The van der Waals surface area contributed by atoms with E-state index in [-0.39, 0.29) is 17.0 Å². The first kappa shape index (κ1) is 26.2. The van der Waals surface area contributed by atoms with Crippen LogP contribution in [0.3, 0.4) is 0 Å². The number of ether oxygens (including phenoxy) is 1. The van der Waals surface area contributed by atoms with E-state index in [1.54, 1.807) is 0 Å². The second-order valence-corrected chi connectivity index (χ2v) is 8.59. The highest BCUT2D eigenvalue weighted by molar-refractivity contribution is 7.16. The molecule has 0 saturated carbocycles.